The SMILES string of the molecule is CC1(C(=O)O)CCN(C(=O)Nc2ccc3c(c2)oc2ccccc23)C1. The maximum Gasteiger partial charge on any atom is 0.321 e. The van der Waals surface area contributed by atoms with E-state index >= 15 is 0 Å². The molecule has 3 aromatic rings. The Morgan fingerprint density at radius 3 is 2.68 bits per heavy atom. The number of carboxylic acids is 1. The minimum atomic E-state index is -0.875. The molecule has 0 radical (unpaired) electrons. The summed E-state index contributed by atoms with van der Waals surface area (Å²) in [6.45, 7) is 2.31. The maximum atomic E-state index is 12.4. The molecule has 2 amide bonds. The van der Waals surface area contributed by atoms with E-state index in [9.17, 15) is 14.7 Å². The van der Waals surface area contributed by atoms with Crippen molar-refractivity contribution in [2.45, 2.75) is 13.3 Å². The molecule has 128 valence electrons. The third-order valence-corrected chi connectivity index (χ3v) is 4.91. The summed E-state index contributed by atoms with van der Waals surface area (Å²) in [4.78, 5) is 25.3. The molecule has 1 atom stereocenters. The minimum absolute atomic E-state index is 0.209. The Morgan fingerprint density at radius 1 is 1.16 bits per heavy atom. The third kappa shape index (κ3) is 2.59. The molecule has 1 aliphatic heterocycles. The highest BCUT2D eigenvalue weighted by atomic mass is 16.4. The van der Waals surface area contributed by atoms with E-state index in [0.717, 1.165) is 16.4 Å². The van der Waals surface area contributed by atoms with Gasteiger partial charge in [0.1, 0.15) is 11.2 Å². The number of hydrogen-bond acceptors (Lipinski definition) is 3. The summed E-state index contributed by atoms with van der Waals surface area (Å²) in [7, 11) is 0. The average Bonchev–Trinajstić information content (AvgIpc) is 3.16. The lowest BCUT2D eigenvalue weighted by Crippen LogP contribution is -2.37. The summed E-state index contributed by atoms with van der Waals surface area (Å²) in [5.74, 6) is -0.869. The second kappa shape index (κ2) is 5.51. The highest BCUT2D eigenvalue weighted by Crippen LogP contribution is 2.32. The number of likely N-dealkylation sites (tertiary alicyclic amines) is 1. The quantitative estimate of drug-likeness (QED) is 0.742. The van der Waals surface area contributed by atoms with Gasteiger partial charge in [0.25, 0.3) is 0 Å². The Morgan fingerprint density at radius 2 is 1.92 bits per heavy atom. The Balaban J connectivity index is 1.55. The number of fused-ring (bicyclic) bond motifs is 3. The standard InChI is InChI=1S/C19H18N2O4/c1-19(17(22)23)8-9-21(11-19)18(24)20-12-6-7-14-13-4-2-3-5-15(13)25-16(14)10-12/h2-7,10H,8-9,11H2,1H3,(H,20,24)(H,22,23). The molecule has 1 saturated heterocycles. The number of urea groups is 1. The van der Waals surface area contributed by atoms with Crippen molar-refractivity contribution in [2.24, 2.45) is 5.41 Å². The van der Waals surface area contributed by atoms with Gasteiger partial charge in [-0.25, -0.2) is 4.79 Å². The molecule has 0 saturated carbocycles. The van der Waals surface area contributed by atoms with Crippen molar-refractivity contribution < 1.29 is 19.1 Å². The first-order valence-electron chi connectivity index (χ1n) is 8.17. The number of anilines is 1. The monoisotopic (exact) mass is 338 g/mol. The first-order chi connectivity index (χ1) is 12.0. The highest BCUT2D eigenvalue weighted by Gasteiger charge is 2.42. The number of furan rings is 1. The van der Waals surface area contributed by atoms with Crippen molar-refractivity contribution in [3.63, 3.8) is 0 Å². The Labute approximate surface area is 144 Å². The summed E-state index contributed by atoms with van der Waals surface area (Å²) in [5.41, 5.74) is 1.26. The summed E-state index contributed by atoms with van der Waals surface area (Å²) < 4.78 is 5.82. The van der Waals surface area contributed by atoms with Gasteiger partial charge in [0, 0.05) is 35.6 Å². The predicted molar refractivity (Wildman–Crippen MR) is 94.7 cm³/mol. The van der Waals surface area contributed by atoms with Gasteiger partial charge in [0.05, 0.1) is 5.41 Å². The Bertz CT molecular complexity index is 993. The second-order valence-electron chi connectivity index (χ2n) is 6.78. The van der Waals surface area contributed by atoms with Crippen molar-refractivity contribution in [1.82, 2.24) is 4.90 Å². The number of carbonyl (C=O) groups is 2. The average molecular weight is 338 g/mol. The lowest BCUT2D eigenvalue weighted by atomic mass is 9.90. The molecular formula is C19H18N2O4. The van der Waals surface area contributed by atoms with Gasteiger partial charge < -0.3 is 19.7 Å². The van der Waals surface area contributed by atoms with E-state index in [4.69, 9.17) is 4.42 Å². The van der Waals surface area contributed by atoms with Gasteiger partial charge in [-0.1, -0.05) is 18.2 Å². The molecular weight excluding hydrogens is 320 g/mol. The Hall–Kier alpha value is -3.02. The number of nitrogens with zero attached hydrogens (tertiary/aromatic N) is 1. The zero-order valence-electron chi connectivity index (χ0n) is 13.8. The number of carbonyl (C=O) groups excluding carboxylic acids is 1. The predicted octanol–water partition coefficient (Wildman–Crippen LogP) is 3.91. The fourth-order valence-electron chi connectivity index (χ4n) is 3.32. The van der Waals surface area contributed by atoms with Crippen LogP contribution in [0.2, 0.25) is 0 Å². The van der Waals surface area contributed by atoms with Crippen LogP contribution in [-0.2, 0) is 4.79 Å². The molecule has 4 rings (SSSR count). The minimum Gasteiger partial charge on any atom is -0.481 e. The smallest absolute Gasteiger partial charge is 0.321 e. The largest absolute Gasteiger partial charge is 0.481 e. The van der Waals surface area contributed by atoms with Crippen LogP contribution in [0.3, 0.4) is 0 Å². The first-order valence-corrected chi connectivity index (χ1v) is 8.17. The number of nitrogens with one attached hydrogen (secondary N) is 1. The molecule has 6 nitrogen and oxygen atoms in total. The topological polar surface area (TPSA) is 82.8 Å². The van der Waals surface area contributed by atoms with Crippen molar-refractivity contribution >= 4 is 39.6 Å². The molecule has 1 fully saturated rings. The lowest BCUT2D eigenvalue weighted by molar-refractivity contribution is -0.146. The van der Waals surface area contributed by atoms with Gasteiger partial charge in [0.2, 0.25) is 0 Å². The van der Waals surface area contributed by atoms with Crippen molar-refractivity contribution in [2.75, 3.05) is 18.4 Å². The number of aliphatic carboxylic acids is 1. The van der Waals surface area contributed by atoms with Crippen LogP contribution >= 0.6 is 0 Å². The third-order valence-electron chi connectivity index (χ3n) is 4.91. The number of carboxylic acid groups (broad SMARTS) is 1. The summed E-state index contributed by atoms with van der Waals surface area (Å²) in [5, 5.41) is 14.1. The fraction of sp³-hybridized carbons (Fsp3) is 0.263. The van der Waals surface area contributed by atoms with E-state index < -0.39 is 11.4 Å². The normalized spacial score (nSPS) is 20.3. The number of benzene rings is 2. The van der Waals surface area contributed by atoms with Crippen LogP contribution in [-0.4, -0.2) is 35.1 Å². The van der Waals surface area contributed by atoms with Crippen LogP contribution in [0.15, 0.2) is 46.9 Å². The van der Waals surface area contributed by atoms with Gasteiger partial charge in [-0.15, -0.1) is 0 Å². The van der Waals surface area contributed by atoms with Crippen LogP contribution in [0.5, 0.6) is 0 Å². The van der Waals surface area contributed by atoms with Gasteiger partial charge >= 0.3 is 12.0 Å². The van der Waals surface area contributed by atoms with Crippen LogP contribution in [0.25, 0.3) is 21.9 Å². The highest BCUT2D eigenvalue weighted by molar-refractivity contribution is 6.06. The zero-order valence-corrected chi connectivity index (χ0v) is 13.8. The molecule has 0 bridgehead atoms. The molecule has 1 aromatic heterocycles. The van der Waals surface area contributed by atoms with E-state index in [1.807, 2.05) is 36.4 Å². The Kier molecular flexibility index (Phi) is 3.42. The number of amides is 2. The van der Waals surface area contributed by atoms with E-state index in [1.165, 1.54) is 4.90 Å². The summed E-state index contributed by atoms with van der Waals surface area (Å²) in [6.07, 6.45) is 0.457. The fourth-order valence-corrected chi connectivity index (χ4v) is 3.32. The van der Waals surface area contributed by atoms with Gasteiger partial charge in [-0.05, 0) is 31.5 Å². The number of hydrogen-bond donors (Lipinski definition) is 2. The van der Waals surface area contributed by atoms with E-state index in [0.29, 0.717) is 24.2 Å². The number of rotatable bonds is 2. The van der Waals surface area contributed by atoms with Gasteiger partial charge in [-0.2, -0.15) is 0 Å². The molecule has 2 N–H and O–H groups in total. The molecule has 6 heteroatoms. The first kappa shape index (κ1) is 15.5. The van der Waals surface area contributed by atoms with Gasteiger partial charge in [0.15, 0.2) is 0 Å². The van der Waals surface area contributed by atoms with Crippen molar-refractivity contribution in [3.05, 3.63) is 42.5 Å². The summed E-state index contributed by atoms with van der Waals surface area (Å²) in [6, 6.07) is 13.0. The lowest BCUT2D eigenvalue weighted by Gasteiger charge is -2.20. The zero-order chi connectivity index (χ0) is 17.6. The van der Waals surface area contributed by atoms with E-state index in [2.05, 4.69) is 5.32 Å². The van der Waals surface area contributed by atoms with Crippen molar-refractivity contribution in [3.8, 4) is 0 Å². The van der Waals surface area contributed by atoms with Crippen LogP contribution < -0.4 is 5.32 Å². The molecule has 25 heavy (non-hydrogen) atoms. The van der Waals surface area contributed by atoms with Gasteiger partial charge in [-0.3, -0.25) is 4.79 Å². The van der Waals surface area contributed by atoms with E-state index in [-0.39, 0.29) is 12.6 Å². The molecule has 0 spiro atoms. The van der Waals surface area contributed by atoms with Crippen LogP contribution in [0.1, 0.15) is 13.3 Å². The molecule has 1 unspecified atom stereocenters. The molecule has 2 aromatic carbocycles. The van der Waals surface area contributed by atoms with E-state index in [1.54, 1.807) is 13.0 Å². The number of para-hydroxylation sites is 1. The van der Waals surface area contributed by atoms with Crippen LogP contribution in [0, 0.1) is 5.41 Å². The summed E-state index contributed by atoms with van der Waals surface area (Å²) >= 11 is 0. The molecule has 1 aliphatic rings. The second-order valence-corrected chi connectivity index (χ2v) is 6.78. The molecule has 0 aliphatic carbocycles. The molecule has 2 heterocycles. The van der Waals surface area contributed by atoms with Crippen molar-refractivity contribution in [1.29, 1.82) is 0 Å². The van der Waals surface area contributed by atoms with Crippen LogP contribution in [0.4, 0.5) is 10.5 Å². The maximum absolute atomic E-state index is 12.4.